The van der Waals surface area contributed by atoms with Crippen molar-refractivity contribution in [1.82, 2.24) is 0 Å². The average molecular weight is 1120 g/mol. The third-order valence-electron chi connectivity index (χ3n) is 15.0. The van der Waals surface area contributed by atoms with Crippen LogP contribution >= 0.6 is 7.82 Å². The molecule has 0 rings (SSSR count). The second-order valence-electron chi connectivity index (χ2n) is 22.7. The number of allylic oxidation sites excluding steroid dienone is 8. The molecule has 0 bridgehead atoms. The van der Waals surface area contributed by atoms with Crippen LogP contribution in [0.25, 0.3) is 0 Å². The third kappa shape index (κ3) is 63.2. The number of unbranched alkanes of at least 4 members (excludes halogenated alkanes) is 43. The van der Waals surface area contributed by atoms with Crippen molar-refractivity contribution in [2.45, 2.75) is 347 Å². The largest absolute Gasteiger partial charge is 0.472 e. The maximum absolute atomic E-state index is 12.7. The predicted octanol–water partition coefficient (Wildman–Crippen LogP) is 21.7. The van der Waals surface area contributed by atoms with Gasteiger partial charge < -0.3 is 20.1 Å². The highest BCUT2D eigenvalue weighted by Gasteiger charge is 2.26. The average Bonchev–Trinajstić information content (AvgIpc) is 3.43. The Balaban J connectivity index is 3.82. The summed E-state index contributed by atoms with van der Waals surface area (Å²) in [7, 11) is -4.39. The third-order valence-corrected chi connectivity index (χ3v) is 16.0. The first-order chi connectivity index (χ1) is 38.3. The molecule has 0 spiro atoms. The van der Waals surface area contributed by atoms with Gasteiger partial charge in [-0.1, -0.05) is 326 Å². The quantitative estimate of drug-likeness (QED) is 0.0264. The van der Waals surface area contributed by atoms with Crippen molar-refractivity contribution >= 4 is 19.8 Å². The van der Waals surface area contributed by atoms with E-state index in [9.17, 15) is 19.0 Å². The molecule has 0 aromatic rings. The molecule has 0 aromatic heterocycles. The topological polar surface area (TPSA) is 134 Å². The molecule has 458 valence electrons. The Hall–Kier alpha value is -2.03. The van der Waals surface area contributed by atoms with Crippen molar-refractivity contribution in [3.05, 3.63) is 48.6 Å². The molecule has 0 saturated carbocycles. The van der Waals surface area contributed by atoms with Crippen LogP contribution in [0.4, 0.5) is 0 Å². The maximum atomic E-state index is 12.7. The first-order valence-corrected chi connectivity index (χ1v) is 35.1. The number of phosphoric acid groups is 1. The van der Waals surface area contributed by atoms with Gasteiger partial charge in [-0.2, -0.15) is 0 Å². The fourth-order valence-electron chi connectivity index (χ4n) is 10.0. The highest BCUT2D eigenvalue weighted by Crippen LogP contribution is 2.43. The van der Waals surface area contributed by atoms with Crippen molar-refractivity contribution in [2.24, 2.45) is 5.73 Å². The summed E-state index contributed by atoms with van der Waals surface area (Å²) >= 11 is 0. The Kier molecular flexibility index (Phi) is 62.5. The van der Waals surface area contributed by atoms with Crippen LogP contribution < -0.4 is 5.73 Å². The van der Waals surface area contributed by atoms with E-state index in [1.165, 1.54) is 238 Å². The number of esters is 2. The first kappa shape index (κ1) is 76.0. The molecule has 9 nitrogen and oxygen atoms in total. The Morgan fingerprint density at radius 3 is 1.05 bits per heavy atom. The maximum Gasteiger partial charge on any atom is 0.472 e. The Morgan fingerprint density at radius 1 is 0.397 bits per heavy atom. The van der Waals surface area contributed by atoms with Crippen molar-refractivity contribution in [3.63, 3.8) is 0 Å². The molecule has 0 saturated heterocycles. The van der Waals surface area contributed by atoms with E-state index in [0.717, 1.165) is 70.6 Å². The van der Waals surface area contributed by atoms with E-state index in [1.807, 2.05) is 0 Å². The van der Waals surface area contributed by atoms with Gasteiger partial charge in [-0.05, 0) is 51.4 Å². The summed E-state index contributed by atoms with van der Waals surface area (Å²) < 4.78 is 33.1. The van der Waals surface area contributed by atoms with Crippen LogP contribution in [-0.4, -0.2) is 49.3 Å². The molecule has 3 N–H and O–H groups in total. The molecule has 0 aliphatic heterocycles. The zero-order valence-electron chi connectivity index (χ0n) is 51.4. The lowest BCUT2D eigenvalue weighted by Gasteiger charge is -2.19. The second-order valence-corrected chi connectivity index (χ2v) is 24.1. The molecule has 0 aromatic carbocycles. The van der Waals surface area contributed by atoms with Crippen molar-refractivity contribution in [2.75, 3.05) is 26.4 Å². The molecule has 2 unspecified atom stereocenters. The lowest BCUT2D eigenvalue weighted by Crippen LogP contribution is -2.29. The summed E-state index contributed by atoms with van der Waals surface area (Å²) in [5.74, 6) is -0.817. The van der Waals surface area contributed by atoms with E-state index >= 15 is 0 Å². The SMILES string of the molecule is CC/C=C\C/C=C\C/C=C\C/C=C\CCCCCCCCCCCCC(=O)OC(COC(=O)CCCCCCCCCCCCCCCCCCCCCCCCCCCCCCCCCCCC)COP(=O)(O)OCCN. The molecule has 0 amide bonds. The van der Waals surface area contributed by atoms with Gasteiger partial charge in [-0.25, -0.2) is 4.57 Å². The molecule has 10 heteroatoms. The standard InChI is InChI=1S/C68H128NO8P/c1-3-5-7-9-11-13-15-17-19-21-23-25-27-28-29-30-31-32-33-34-35-36-37-39-40-42-44-46-48-50-52-54-56-58-60-67(70)74-64-66(65-76-78(72,73)75-63-62-69)77-68(71)61-59-57-55-53-51-49-47-45-43-41-38-26-24-22-20-18-16-14-12-10-8-6-4-2/h6,8,12,14,18,20,24,26,66H,3-5,7,9-11,13,15-17,19,21-23,25,27-65,69H2,1-2H3,(H,72,73)/b8-6-,14-12-,20-18-,26-24-. The smallest absolute Gasteiger partial charge is 0.462 e. The van der Waals surface area contributed by atoms with Crippen LogP contribution in [0.5, 0.6) is 0 Å². The van der Waals surface area contributed by atoms with E-state index in [-0.39, 0.29) is 38.6 Å². The number of rotatable bonds is 64. The highest BCUT2D eigenvalue weighted by molar-refractivity contribution is 7.47. The van der Waals surface area contributed by atoms with Crippen LogP contribution in [0.1, 0.15) is 341 Å². The molecule has 0 heterocycles. The minimum absolute atomic E-state index is 0.0530. The second kappa shape index (κ2) is 64.1. The van der Waals surface area contributed by atoms with Crippen molar-refractivity contribution in [3.8, 4) is 0 Å². The summed E-state index contributed by atoms with van der Waals surface area (Å²) in [6.07, 6.45) is 80.7. The van der Waals surface area contributed by atoms with Gasteiger partial charge >= 0.3 is 19.8 Å². The van der Waals surface area contributed by atoms with E-state index in [4.69, 9.17) is 24.3 Å². The van der Waals surface area contributed by atoms with Gasteiger partial charge in [-0.15, -0.1) is 0 Å². The van der Waals surface area contributed by atoms with Crippen molar-refractivity contribution in [1.29, 1.82) is 0 Å². The monoisotopic (exact) mass is 1120 g/mol. The Labute approximate surface area is 483 Å². The first-order valence-electron chi connectivity index (χ1n) is 33.6. The number of phosphoric ester groups is 1. The number of carbonyl (C=O) groups is 2. The van der Waals surface area contributed by atoms with Crippen molar-refractivity contribution < 1.29 is 37.6 Å². The van der Waals surface area contributed by atoms with Gasteiger partial charge in [0.15, 0.2) is 6.10 Å². The van der Waals surface area contributed by atoms with Crippen LogP contribution in [-0.2, 0) is 32.7 Å². The number of nitrogens with two attached hydrogens (primary N) is 1. The molecule has 0 aliphatic rings. The molecular weight excluding hydrogens is 990 g/mol. The zero-order chi connectivity index (χ0) is 56.6. The van der Waals surface area contributed by atoms with Gasteiger partial charge in [0.25, 0.3) is 0 Å². The summed E-state index contributed by atoms with van der Waals surface area (Å²) in [6.45, 7) is 3.68. The molecule has 2 atom stereocenters. The number of hydrogen-bond donors (Lipinski definition) is 2. The Morgan fingerprint density at radius 2 is 0.705 bits per heavy atom. The number of ether oxygens (including phenoxy) is 2. The summed E-state index contributed by atoms with van der Waals surface area (Å²) in [4.78, 5) is 35.3. The minimum Gasteiger partial charge on any atom is -0.462 e. The van der Waals surface area contributed by atoms with E-state index in [2.05, 4.69) is 62.5 Å². The number of hydrogen-bond acceptors (Lipinski definition) is 8. The lowest BCUT2D eigenvalue weighted by molar-refractivity contribution is -0.161. The van der Waals surface area contributed by atoms with Gasteiger partial charge in [-0.3, -0.25) is 18.6 Å². The molecule has 0 fully saturated rings. The highest BCUT2D eigenvalue weighted by atomic mass is 31.2. The molecule has 78 heavy (non-hydrogen) atoms. The predicted molar refractivity (Wildman–Crippen MR) is 335 cm³/mol. The van der Waals surface area contributed by atoms with E-state index in [1.54, 1.807) is 0 Å². The molecule has 0 radical (unpaired) electrons. The summed E-state index contributed by atoms with van der Waals surface area (Å²) in [5, 5.41) is 0. The van der Waals surface area contributed by atoms with E-state index in [0.29, 0.717) is 6.42 Å². The molecule has 0 aliphatic carbocycles. The minimum atomic E-state index is -4.39. The normalized spacial score (nSPS) is 13.2. The molecular formula is C68H128NO8P. The fourth-order valence-corrected chi connectivity index (χ4v) is 10.8. The Bertz CT molecular complexity index is 1420. The van der Waals surface area contributed by atoms with Crippen LogP contribution in [0.2, 0.25) is 0 Å². The van der Waals surface area contributed by atoms with Gasteiger partial charge in [0.05, 0.1) is 13.2 Å². The van der Waals surface area contributed by atoms with Crippen LogP contribution in [0, 0.1) is 0 Å². The fraction of sp³-hybridized carbons (Fsp3) is 0.853. The van der Waals surface area contributed by atoms with Gasteiger partial charge in [0.1, 0.15) is 6.61 Å². The summed E-state index contributed by atoms with van der Waals surface area (Å²) in [5.41, 5.74) is 5.39. The van der Waals surface area contributed by atoms with Gasteiger partial charge in [0, 0.05) is 19.4 Å². The van der Waals surface area contributed by atoms with E-state index < -0.39 is 26.5 Å². The van der Waals surface area contributed by atoms with Crippen LogP contribution in [0.3, 0.4) is 0 Å². The zero-order valence-corrected chi connectivity index (χ0v) is 52.3. The van der Waals surface area contributed by atoms with Gasteiger partial charge in [0.2, 0.25) is 0 Å². The number of carbonyl (C=O) groups excluding carboxylic acids is 2. The summed E-state index contributed by atoms with van der Waals surface area (Å²) in [6, 6.07) is 0. The van der Waals surface area contributed by atoms with Crippen LogP contribution in [0.15, 0.2) is 48.6 Å². The lowest BCUT2D eigenvalue weighted by atomic mass is 10.0.